The summed E-state index contributed by atoms with van der Waals surface area (Å²) in [5.74, 6) is -0.252. The number of aryl methyl sites for hydroxylation is 2. The van der Waals surface area contributed by atoms with Crippen LogP contribution in [0.3, 0.4) is 0 Å². The Labute approximate surface area is 246 Å². The number of amides is 1. The Kier molecular flexibility index (Phi) is 6.81. The molecule has 0 radical (unpaired) electrons. The molecule has 1 atom stereocenters. The van der Waals surface area contributed by atoms with Crippen LogP contribution < -0.4 is 11.1 Å². The second kappa shape index (κ2) is 10.4. The summed E-state index contributed by atoms with van der Waals surface area (Å²) in [6.45, 7) is 12.1. The van der Waals surface area contributed by atoms with Crippen molar-refractivity contribution in [2.24, 2.45) is 0 Å². The van der Waals surface area contributed by atoms with Crippen LogP contribution in [0.2, 0.25) is 5.02 Å². The van der Waals surface area contributed by atoms with Gasteiger partial charge in [0, 0.05) is 30.2 Å². The van der Waals surface area contributed by atoms with Crippen molar-refractivity contribution in [2.75, 3.05) is 6.54 Å². The lowest BCUT2D eigenvalue weighted by atomic mass is 10.0. The van der Waals surface area contributed by atoms with E-state index in [-0.39, 0.29) is 30.1 Å². The second-order valence-electron chi connectivity index (χ2n) is 11.0. The Morgan fingerprint density at radius 2 is 1.98 bits per heavy atom. The highest BCUT2D eigenvalue weighted by atomic mass is 35.5. The van der Waals surface area contributed by atoms with Gasteiger partial charge in [-0.05, 0) is 61.6 Å². The number of hydrogen-bond donors (Lipinski definition) is 1. The SMILES string of the molecule is C=CC(=O)N1CC[C@H]1Cn1c(=O)c(=O)n(-c2c(C)ccnc2C(C)C)c2nc(-c3c(C)ccc4[nH]ncc34)c(Cl)cc21. The molecule has 214 valence electrons. The first kappa shape index (κ1) is 27.6. The lowest BCUT2D eigenvalue weighted by Gasteiger charge is -2.40. The van der Waals surface area contributed by atoms with Crippen LogP contribution in [0.1, 0.15) is 43.0 Å². The lowest BCUT2D eigenvalue weighted by molar-refractivity contribution is -0.133. The third-order valence-corrected chi connectivity index (χ3v) is 8.35. The third kappa shape index (κ3) is 4.25. The minimum absolute atomic E-state index is 0.0357. The van der Waals surface area contributed by atoms with Crippen molar-refractivity contribution in [3.8, 4) is 16.9 Å². The van der Waals surface area contributed by atoms with Crippen molar-refractivity contribution in [1.82, 2.24) is 34.2 Å². The van der Waals surface area contributed by atoms with E-state index in [1.165, 1.54) is 15.2 Å². The summed E-state index contributed by atoms with van der Waals surface area (Å²) < 4.78 is 2.78. The molecule has 0 aliphatic carbocycles. The number of pyridine rings is 2. The van der Waals surface area contributed by atoms with Gasteiger partial charge >= 0.3 is 11.1 Å². The fraction of sp³-hybridized carbons (Fsp3) is 0.290. The van der Waals surface area contributed by atoms with Gasteiger partial charge in [0.1, 0.15) is 0 Å². The molecule has 1 fully saturated rings. The van der Waals surface area contributed by atoms with Gasteiger partial charge in [-0.15, -0.1) is 0 Å². The normalized spacial score (nSPS) is 15.0. The van der Waals surface area contributed by atoms with Crippen molar-refractivity contribution in [2.45, 2.75) is 52.6 Å². The summed E-state index contributed by atoms with van der Waals surface area (Å²) >= 11 is 6.95. The van der Waals surface area contributed by atoms with E-state index in [2.05, 4.69) is 21.8 Å². The number of rotatable bonds is 6. The Morgan fingerprint density at radius 1 is 1.19 bits per heavy atom. The van der Waals surface area contributed by atoms with Gasteiger partial charge in [-0.1, -0.05) is 38.1 Å². The van der Waals surface area contributed by atoms with Crippen LogP contribution in [-0.4, -0.2) is 52.7 Å². The van der Waals surface area contributed by atoms with Crippen LogP contribution >= 0.6 is 11.6 Å². The number of halogens is 1. The zero-order valence-electron chi connectivity index (χ0n) is 23.8. The molecule has 5 heterocycles. The molecule has 1 amide bonds. The van der Waals surface area contributed by atoms with Crippen molar-refractivity contribution in [3.63, 3.8) is 0 Å². The van der Waals surface area contributed by atoms with Gasteiger partial charge in [-0.25, -0.2) is 4.98 Å². The Hall–Kier alpha value is -4.57. The van der Waals surface area contributed by atoms with Crippen LogP contribution in [0.15, 0.2) is 58.9 Å². The van der Waals surface area contributed by atoms with E-state index in [0.717, 1.165) is 27.6 Å². The van der Waals surface area contributed by atoms with E-state index in [4.69, 9.17) is 16.6 Å². The number of fused-ring (bicyclic) bond motifs is 2. The zero-order chi connectivity index (χ0) is 29.9. The first-order valence-corrected chi connectivity index (χ1v) is 14.2. The average molecular weight is 584 g/mol. The van der Waals surface area contributed by atoms with Gasteiger partial charge < -0.3 is 4.90 Å². The zero-order valence-corrected chi connectivity index (χ0v) is 24.6. The quantitative estimate of drug-likeness (QED) is 0.229. The Morgan fingerprint density at radius 3 is 2.67 bits per heavy atom. The molecule has 0 saturated carbocycles. The minimum Gasteiger partial charge on any atom is -0.334 e. The first-order chi connectivity index (χ1) is 20.1. The minimum atomic E-state index is -0.750. The monoisotopic (exact) mass is 583 g/mol. The molecule has 0 bridgehead atoms. The van der Waals surface area contributed by atoms with Gasteiger partial charge in [0.15, 0.2) is 5.65 Å². The molecular weight excluding hydrogens is 554 g/mol. The van der Waals surface area contributed by atoms with Crippen LogP contribution in [-0.2, 0) is 11.3 Å². The molecule has 6 rings (SSSR count). The number of carbonyl (C=O) groups excluding carboxylic acids is 1. The number of benzene rings is 1. The predicted octanol–water partition coefficient (Wildman–Crippen LogP) is 4.67. The van der Waals surface area contributed by atoms with Gasteiger partial charge in [0.2, 0.25) is 5.91 Å². The van der Waals surface area contributed by atoms with Crippen LogP contribution in [0.4, 0.5) is 0 Å². The molecule has 11 heteroatoms. The van der Waals surface area contributed by atoms with E-state index < -0.39 is 11.1 Å². The summed E-state index contributed by atoms with van der Waals surface area (Å²) in [5.41, 5.74) is 4.15. The summed E-state index contributed by atoms with van der Waals surface area (Å²) in [6.07, 6.45) is 5.37. The molecule has 0 spiro atoms. The van der Waals surface area contributed by atoms with Crippen molar-refractivity contribution >= 4 is 39.6 Å². The summed E-state index contributed by atoms with van der Waals surface area (Å²) in [4.78, 5) is 51.6. The Balaban J connectivity index is 1.71. The number of carbonyl (C=O) groups is 1. The molecule has 0 unspecified atom stereocenters. The maximum absolute atomic E-state index is 14.1. The number of nitrogens with one attached hydrogen (secondary N) is 1. The molecule has 1 saturated heterocycles. The van der Waals surface area contributed by atoms with E-state index in [1.807, 2.05) is 45.9 Å². The van der Waals surface area contributed by atoms with Crippen molar-refractivity contribution in [1.29, 1.82) is 0 Å². The molecule has 1 aliphatic rings. The molecule has 42 heavy (non-hydrogen) atoms. The van der Waals surface area contributed by atoms with Crippen LogP contribution in [0.25, 0.3) is 39.0 Å². The number of hydrogen-bond acceptors (Lipinski definition) is 6. The van der Waals surface area contributed by atoms with Gasteiger partial charge in [-0.3, -0.25) is 33.6 Å². The molecule has 1 aliphatic heterocycles. The van der Waals surface area contributed by atoms with E-state index >= 15 is 0 Å². The van der Waals surface area contributed by atoms with E-state index in [9.17, 15) is 14.4 Å². The Bertz CT molecular complexity index is 2040. The maximum Gasteiger partial charge on any atom is 0.322 e. The smallest absolute Gasteiger partial charge is 0.322 e. The molecule has 4 aromatic heterocycles. The summed E-state index contributed by atoms with van der Waals surface area (Å²) in [6, 6.07) is 7.13. The van der Waals surface area contributed by atoms with Gasteiger partial charge in [0.25, 0.3) is 0 Å². The molecular formula is C31H30ClN7O3. The maximum atomic E-state index is 14.1. The topological polar surface area (TPSA) is 119 Å². The van der Waals surface area contributed by atoms with Gasteiger partial charge in [-0.2, -0.15) is 5.10 Å². The van der Waals surface area contributed by atoms with Crippen molar-refractivity contribution < 1.29 is 4.79 Å². The fourth-order valence-electron chi connectivity index (χ4n) is 5.79. The molecule has 1 aromatic carbocycles. The predicted molar refractivity (Wildman–Crippen MR) is 163 cm³/mol. The third-order valence-electron chi connectivity index (χ3n) is 8.06. The largest absolute Gasteiger partial charge is 0.334 e. The van der Waals surface area contributed by atoms with Crippen LogP contribution in [0, 0.1) is 13.8 Å². The number of nitrogens with zero attached hydrogens (tertiary/aromatic N) is 6. The van der Waals surface area contributed by atoms with E-state index in [0.29, 0.717) is 40.6 Å². The highest BCUT2D eigenvalue weighted by Crippen LogP contribution is 2.36. The molecule has 1 N–H and O–H groups in total. The average Bonchev–Trinajstić information content (AvgIpc) is 3.42. The van der Waals surface area contributed by atoms with E-state index in [1.54, 1.807) is 23.4 Å². The number of aromatic nitrogens is 6. The number of H-pyrrole nitrogens is 1. The summed E-state index contributed by atoms with van der Waals surface area (Å²) in [5, 5.41) is 8.34. The molecule has 5 aromatic rings. The summed E-state index contributed by atoms with van der Waals surface area (Å²) in [7, 11) is 0. The highest BCUT2D eigenvalue weighted by Gasteiger charge is 2.33. The van der Waals surface area contributed by atoms with Crippen molar-refractivity contribution in [3.05, 3.63) is 91.9 Å². The molecule has 10 nitrogen and oxygen atoms in total. The fourth-order valence-corrected chi connectivity index (χ4v) is 6.03. The second-order valence-corrected chi connectivity index (χ2v) is 11.4. The number of aromatic amines is 1. The van der Waals surface area contributed by atoms with Crippen LogP contribution in [0.5, 0.6) is 0 Å². The first-order valence-electron chi connectivity index (χ1n) is 13.8. The standard InChI is InChI=1S/C31H30ClN7O3/c1-6-24(40)37-12-10-19(37)15-38-23-13-21(32)27(25-17(4)7-8-22-20(25)14-34-36-22)35-29(23)39(31(42)30(38)41)28-18(5)9-11-33-26(28)16(2)3/h6-9,11,13-14,16,19H,1,10,12,15H2,2-5H3,(H,34,36)/t19-/m0/s1. The highest BCUT2D eigenvalue weighted by molar-refractivity contribution is 6.34. The lowest BCUT2D eigenvalue weighted by Crippen LogP contribution is -2.54. The number of likely N-dealkylation sites (tertiary alicyclic amines) is 1. The van der Waals surface area contributed by atoms with Gasteiger partial charge in [0.05, 0.1) is 45.4 Å².